The number of phenols is 1. The molecule has 7 nitrogen and oxygen atoms in total. The zero-order valence-corrected chi connectivity index (χ0v) is 21.5. The van der Waals surface area contributed by atoms with Gasteiger partial charge in [0.25, 0.3) is 16.8 Å². The van der Waals surface area contributed by atoms with Crippen LogP contribution in [0.25, 0.3) is 0 Å². The number of phenolic OH excluding ortho intramolecular Hbond substituents is 1. The molecule has 3 aromatic carbocycles. The zero-order valence-electron chi connectivity index (χ0n) is 20.7. The number of hydrogen-bond acceptors (Lipinski definition) is 7. The summed E-state index contributed by atoms with van der Waals surface area (Å²) in [7, 11) is 3.17. The lowest BCUT2D eigenvalue weighted by Gasteiger charge is -2.21. The van der Waals surface area contributed by atoms with Gasteiger partial charge in [-0.1, -0.05) is 50.2 Å². The number of aromatic hydroxyl groups is 1. The molecular weight excluding hydrogens is 474 g/mol. The van der Waals surface area contributed by atoms with Gasteiger partial charge in [0.2, 0.25) is 0 Å². The number of anilines is 3. The van der Waals surface area contributed by atoms with Crippen molar-refractivity contribution in [2.45, 2.75) is 32.2 Å². The highest BCUT2D eigenvalue weighted by Crippen LogP contribution is 2.36. The Morgan fingerprint density at radius 2 is 1.69 bits per heavy atom. The summed E-state index contributed by atoms with van der Waals surface area (Å²) in [4.78, 5) is 39.6. The molecule has 1 heterocycles. The molecule has 1 aromatic heterocycles. The van der Waals surface area contributed by atoms with E-state index < -0.39 is 10.9 Å². The molecule has 0 bridgehead atoms. The summed E-state index contributed by atoms with van der Waals surface area (Å²) in [6.45, 7) is 4.17. The number of carbonyl (C=O) groups is 1. The fourth-order valence-corrected chi connectivity index (χ4v) is 5.24. The highest BCUT2D eigenvalue weighted by atomic mass is 32.1. The molecule has 0 aliphatic rings. The first-order valence-corrected chi connectivity index (χ1v) is 12.6. The molecule has 186 valence electrons. The fraction of sp³-hybridized carbons (Fsp3) is 0.250. The number of rotatable bonds is 9. The van der Waals surface area contributed by atoms with E-state index in [4.69, 9.17) is 0 Å². The molecule has 4 aromatic rings. The van der Waals surface area contributed by atoms with Crippen LogP contribution < -0.4 is 21.5 Å². The van der Waals surface area contributed by atoms with Crippen LogP contribution in [0.5, 0.6) is 5.75 Å². The highest BCUT2D eigenvalue weighted by molar-refractivity contribution is 7.10. The number of carbonyl (C=O) groups excluding carboxylic acids is 1. The van der Waals surface area contributed by atoms with Gasteiger partial charge in [-0.25, -0.2) is 0 Å². The molecule has 0 aliphatic carbocycles. The third-order valence-electron chi connectivity index (χ3n) is 6.35. The Hall–Kier alpha value is -3.91. The maximum Gasteiger partial charge on any atom is 0.257 e. The Morgan fingerprint density at radius 3 is 2.36 bits per heavy atom. The van der Waals surface area contributed by atoms with Crippen molar-refractivity contribution >= 4 is 34.3 Å². The normalized spacial score (nSPS) is 12.8. The van der Waals surface area contributed by atoms with Crippen LogP contribution in [0, 0.1) is 0 Å². The third-order valence-corrected chi connectivity index (χ3v) is 7.42. The molecule has 0 spiro atoms. The summed E-state index contributed by atoms with van der Waals surface area (Å²) in [6, 6.07) is 16.9. The Balaban J connectivity index is 1.57. The second-order valence-corrected chi connectivity index (χ2v) is 9.90. The van der Waals surface area contributed by atoms with Crippen LogP contribution in [0.1, 0.15) is 58.6 Å². The standard InChI is InChI=1S/C28H29N3O4S/c1-5-20(22-14-18(15-36-22)16(2)17-10-7-6-8-11-17)29-23-24(27(34)26(23)33)30-21-13-9-12-19(25(21)32)28(35)31(3)4/h6-16,20,29-30,32H,5H2,1-4H3/t16?,20-/m1/s1. The fourth-order valence-electron chi connectivity index (χ4n) is 4.10. The number of nitrogens with one attached hydrogen (secondary N) is 2. The third kappa shape index (κ3) is 4.77. The van der Waals surface area contributed by atoms with Gasteiger partial charge < -0.3 is 20.6 Å². The van der Waals surface area contributed by atoms with Crippen LogP contribution in [-0.2, 0) is 0 Å². The monoisotopic (exact) mass is 503 g/mol. The second-order valence-electron chi connectivity index (χ2n) is 8.95. The largest absolute Gasteiger partial charge is 0.505 e. The average Bonchev–Trinajstić information content (AvgIpc) is 3.38. The second kappa shape index (κ2) is 10.4. The summed E-state index contributed by atoms with van der Waals surface area (Å²) in [6.07, 6.45) is 0.704. The maximum absolute atomic E-state index is 12.5. The van der Waals surface area contributed by atoms with Gasteiger partial charge in [-0.05, 0) is 41.1 Å². The van der Waals surface area contributed by atoms with E-state index in [9.17, 15) is 19.5 Å². The lowest BCUT2D eigenvalue weighted by Crippen LogP contribution is -2.37. The Labute approximate surface area is 213 Å². The Morgan fingerprint density at radius 1 is 1.00 bits per heavy atom. The van der Waals surface area contributed by atoms with Crippen molar-refractivity contribution in [3.8, 4) is 5.75 Å². The minimum Gasteiger partial charge on any atom is -0.505 e. The summed E-state index contributed by atoms with van der Waals surface area (Å²) in [5.41, 5.74) is 1.69. The minimum absolute atomic E-state index is 0.0811. The van der Waals surface area contributed by atoms with E-state index in [1.165, 1.54) is 22.1 Å². The molecule has 3 N–H and O–H groups in total. The number of para-hydroxylation sites is 1. The average molecular weight is 504 g/mol. The molecule has 36 heavy (non-hydrogen) atoms. The predicted molar refractivity (Wildman–Crippen MR) is 146 cm³/mol. The quantitative estimate of drug-likeness (QED) is 0.214. The van der Waals surface area contributed by atoms with Crippen molar-refractivity contribution in [3.05, 3.63) is 102 Å². The maximum atomic E-state index is 12.5. The van der Waals surface area contributed by atoms with Gasteiger partial charge in [0.05, 0.1) is 17.3 Å². The van der Waals surface area contributed by atoms with Crippen molar-refractivity contribution < 1.29 is 9.90 Å². The number of amides is 1. The minimum atomic E-state index is -0.666. The summed E-state index contributed by atoms with van der Waals surface area (Å²) >= 11 is 1.62. The SMILES string of the molecule is CC[C@@H](Nc1c(Nc2cccc(C(=O)N(C)C)c2O)c(=O)c1=O)c1cc(C(C)c2ccccc2)cs1. The summed E-state index contributed by atoms with van der Waals surface area (Å²) in [5.74, 6) is -0.416. The van der Waals surface area contributed by atoms with Crippen molar-refractivity contribution in [2.24, 2.45) is 0 Å². The van der Waals surface area contributed by atoms with Gasteiger partial charge in [0, 0.05) is 24.9 Å². The molecule has 0 radical (unpaired) electrons. The topological polar surface area (TPSA) is 98.7 Å². The van der Waals surface area contributed by atoms with E-state index in [0.717, 1.165) is 4.88 Å². The van der Waals surface area contributed by atoms with Crippen LogP contribution in [0.3, 0.4) is 0 Å². The molecular formula is C28H29N3O4S. The molecule has 0 saturated carbocycles. The van der Waals surface area contributed by atoms with Crippen LogP contribution >= 0.6 is 11.3 Å². The first-order chi connectivity index (χ1) is 17.2. The van der Waals surface area contributed by atoms with Gasteiger partial charge in [-0.2, -0.15) is 0 Å². The number of benzene rings is 2. The van der Waals surface area contributed by atoms with E-state index in [1.807, 2.05) is 25.1 Å². The number of hydrogen-bond donors (Lipinski definition) is 3. The molecule has 2 atom stereocenters. The van der Waals surface area contributed by atoms with Gasteiger partial charge >= 0.3 is 0 Å². The molecule has 4 rings (SSSR count). The van der Waals surface area contributed by atoms with Gasteiger partial charge in [-0.3, -0.25) is 14.4 Å². The van der Waals surface area contributed by atoms with Crippen molar-refractivity contribution in [1.82, 2.24) is 4.90 Å². The molecule has 0 saturated heterocycles. The van der Waals surface area contributed by atoms with Crippen molar-refractivity contribution in [3.63, 3.8) is 0 Å². The first-order valence-electron chi connectivity index (χ1n) is 11.8. The van der Waals surface area contributed by atoms with Crippen molar-refractivity contribution in [1.29, 1.82) is 0 Å². The summed E-state index contributed by atoms with van der Waals surface area (Å²) < 4.78 is 0. The van der Waals surface area contributed by atoms with Crippen LogP contribution in [0.4, 0.5) is 17.1 Å². The van der Waals surface area contributed by atoms with E-state index >= 15 is 0 Å². The lowest BCUT2D eigenvalue weighted by molar-refractivity contribution is 0.0824. The van der Waals surface area contributed by atoms with E-state index in [1.54, 1.807) is 37.6 Å². The molecule has 1 unspecified atom stereocenters. The zero-order chi connectivity index (χ0) is 26.0. The molecule has 8 heteroatoms. The van der Waals surface area contributed by atoms with E-state index in [0.29, 0.717) is 6.42 Å². The molecule has 1 amide bonds. The number of nitrogens with zero attached hydrogens (tertiary/aromatic N) is 1. The predicted octanol–water partition coefficient (Wildman–Crippen LogP) is 5.21. The smallest absolute Gasteiger partial charge is 0.257 e. The first kappa shape index (κ1) is 25.2. The molecule has 0 aliphatic heterocycles. The molecule has 0 fully saturated rings. The van der Waals surface area contributed by atoms with E-state index in [2.05, 4.69) is 41.1 Å². The van der Waals surface area contributed by atoms with Crippen LogP contribution in [-0.4, -0.2) is 30.0 Å². The van der Waals surface area contributed by atoms with Gasteiger partial charge in [-0.15, -0.1) is 11.3 Å². The van der Waals surface area contributed by atoms with Crippen LogP contribution in [0.15, 0.2) is 69.6 Å². The van der Waals surface area contributed by atoms with E-state index in [-0.39, 0.29) is 46.2 Å². The van der Waals surface area contributed by atoms with Gasteiger partial charge in [0.15, 0.2) is 5.75 Å². The summed E-state index contributed by atoms with van der Waals surface area (Å²) in [5, 5.41) is 18.9. The van der Waals surface area contributed by atoms with Crippen LogP contribution in [0.2, 0.25) is 0 Å². The van der Waals surface area contributed by atoms with Gasteiger partial charge in [0.1, 0.15) is 11.4 Å². The lowest BCUT2D eigenvalue weighted by atomic mass is 9.95. The number of thiophene rings is 1. The highest BCUT2D eigenvalue weighted by Gasteiger charge is 2.26. The Bertz CT molecular complexity index is 1450. The van der Waals surface area contributed by atoms with Crippen molar-refractivity contribution in [2.75, 3.05) is 24.7 Å². The Kier molecular flexibility index (Phi) is 7.26.